The van der Waals surface area contributed by atoms with Gasteiger partial charge in [0.1, 0.15) is 6.10 Å². The van der Waals surface area contributed by atoms with Gasteiger partial charge in [0.25, 0.3) is 0 Å². The maximum Gasteiger partial charge on any atom is 0.309 e. The van der Waals surface area contributed by atoms with Crippen molar-refractivity contribution in [1.29, 1.82) is 0 Å². The first kappa shape index (κ1) is 13.4. The third-order valence-electron chi connectivity index (χ3n) is 6.41. The zero-order valence-corrected chi connectivity index (χ0v) is 11.9. The Balaban J connectivity index is 2.09. The van der Waals surface area contributed by atoms with E-state index in [1.54, 1.807) is 0 Å². The minimum Gasteiger partial charge on any atom is -0.461 e. The van der Waals surface area contributed by atoms with Crippen molar-refractivity contribution in [2.24, 2.45) is 23.2 Å². The van der Waals surface area contributed by atoms with Crippen LogP contribution < -0.4 is 0 Å². The Morgan fingerprint density at radius 3 is 2.63 bits per heavy atom. The molecule has 0 spiro atoms. The Hall–Kier alpha value is -0.610. The molecule has 3 rings (SSSR count). The quantitative estimate of drug-likeness (QED) is 0.653. The first-order chi connectivity index (χ1) is 8.82. The maximum atomic E-state index is 11.9. The van der Waals surface area contributed by atoms with Gasteiger partial charge in [-0.15, -0.1) is 0 Å². The number of ether oxygens (including phenoxy) is 1. The lowest BCUT2D eigenvalue weighted by Gasteiger charge is -2.46. The van der Waals surface area contributed by atoms with Gasteiger partial charge < -0.3 is 14.9 Å². The molecule has 2 N–H and O–H groups in total. The van der Waals surface area contributed by atoms with E-state index in [1.807, 2.05) is 13.8 Å². The summed E-state index contributed by atoms with van der Waals surface area (Å²) in [5, 5.41) is 21.6. The highest BCUT2D eigenvalue weighted by Gasteiger charge is 2.68. The summed E-state index contributed by atoms with van der Waals surface area (Å²) in [6.45, 7) is 5.88. The molecule has 0 radical (unpaired) electrons. The molecule has 0 aromatic heterocycles. The van der Waals surface area contributed by atoms with Gasteiger partial charge in [-0.1, -0.05) is 20.8 Å². The third-order valence-corrected chi connectivity index (χ3v) is 6.41. The SMILES string of the molecule is CC1C(=O)O[C@@H]2[C@H]1CC[C@H](C)[C@]1(O)CCC(O)[C@@]21C. The van der Waals surface area contributed by atoms with E-state index in [0.29, 0.717) is 12.8 Å². The van der Waals surface area contributed by atoms with Crippen LogP contribution in [0.25, 0.3) is 0 Å². The van der Waals surface area contributed by atoms with Crippen molar-refractivity contribution in [3.8, 4) is 0 Å². The molecule has 4 nitrogen and oxygen atoms in total. The molecule has 7 atom stereocenters. The van der Waals surface area contributed by atoms with Crippen molar-refractivity contribution >= 4 is 5.97 Å². The van der Waals surface area contributed by atoms with E-state index in [2.05, 4.69) is 6.92 Å². The second-order valence-electron chi connectivity index (χ2n) is 7.05. The van der Waals surface area contributed by atoms with Crippen molar-refractivity contribution < 1.29 is 19.7 Å². The smallest absolute Gasteiger partial charge is 0.309 e. The molecule has 4 heteroatoms. The molecule has 3 aliphatic rings. The highest BCUT2D eigenvalue weighted by molar-refractivity contribution is 5.75. The largest absolute Gasteiger partial charge is 0.461 e. The second-order valence-corrected chi connectivity index (χ2v) is 7.05. The zero-order chi connectivity index (χ0) is 14.0. The third kappa shape index (κ3) is 1.44. The molecule has 2 aliphatic carbocycles. The molecule has 2 unspecified atom stereocenters. The average molecular weight is 268 g/mol. The van der Waals surface area contributed by atoms with Crippen LogP contribution in [0.5, 0.6) is 0 Å². The van der Waals surface area contributed by atoms with Crippen LogP contribution >= 0.6 is 0 Å². The summed E-state index contributed by atoms with van der Waals surface area (Å²) in [6.07, 6.45) is 2.03. The molecule has 1 aliphatic heterocycles. The standard InChI is InChI=1S/C15H24O4/c1-8-4-5-10-9(2)13(17)19-12(10)14(3)11(16)6-7-15(8,14)18/h8-12,16,18H,4-7H2,1-3H3/t8-,9?,10-,11?,12+,14-,15+/m0/s1. The first-order valence-electron chi connectivity index (χ1n) is 7.43. The number of aliphatic hydroxyl groups excluding tert-OH is 1. The van der Waals surface area contributed by atoms with Crippen LogP contribution in [0.4, 0.5) is 0 Å². The van der Waals surface area contributed by atoms with Crippen molar-refractivity contribution in [3.63, 3.8) is 0 Å². The summed E-state index contributed by atoms with van der Waals surface area (Å²) in [6, 6.07) is 0. The Kier molecular flexibility index (Phi) is 2.78. The van der Waals surface area contributed by atoms with Crippen LogP contribution in [-0.4, -0.2) is 34.0 Å². The summed E-state index contributed by atoms with van der Waals surface area (Å²) in [5.41, 5.74) is -1.65. The molecular formula is C15H24O4. The van der Waals surface area contributed by atoms with E-state index in [1.165, 1.54) is 0 Å². The van der Waals surface area contributed by atoms with E-state index in [4.69, 9.17) is 4.74 Å². The molecular weight excluding hydrogens is 244 g/mol. The molecule has 1 saturated heterocycles. The number of rotatable bonds is 0. The van der Waals surface area contributed by atoms with E-state index in [9.17, 15) is 15.0 Å². The normalized spacial score (nSPS) is 57.3. The molecule has 19 heavy (non-hydrogen) atoms. The van der Waals surface area contributed by atoms with Gasteiger partial charge >= 0.3 is 5.97 Å². The summed E-state index contributed by atoms with van der Waals surface area (Å²) in [7, 11) is 0. The number of fused-ring (bicyclic) bond motifs is 3. The van der Waals surface area contributed by atoms with Gasteiger partial charge in [-0.05, 0) is 31.6 Å². The van der Waals surface area contributed by atoms with E-state index in [0.717, 1.165) is 12.8 Å². The van der Waals surface area contributed by atoms with E-state index in [-0.39, 0.29) is 29.8 Å². The molecule has 1 heterocycles. The summed E-state index contributed by atoms with van der Waals surface area (Å²) < 4.78 is 5.60. The highest BCUT2D eigenvalue weighted by atomic mass is 16.6. The molecule has 108 valence electrons. The molecule has 0 bridgehead atoms. The van der Waals surface area contributed by atoms with Gasteiger partial charge in [-0.2, -0.15) is 0 Å². The monoisotopic (exact) mass is 268 g/mol. The summed E-state index contributed by atoms with van der Waals surface area (Å²) >= 11 is 0. The molecule has 0 amide bonds. The van der Waals surface area contributed by atoms with Gasteiger partial charge in [0, 0.05) is 5.92 Å². The lowest BCUT2D eigenvalue weighted by Crippen LogP contribution is -2.57. The van der Waals surface area contributed by atoms with E-state index < -0.39 is 17.1 Å². The Morgan fingerprint density at radius 1 is 1.26 bits per heavy atom. The van der Waals surface area contributed by atoms with Crippen LogP contribution in [-0.2, 0) is 9.53 Å². The molecule has 0 aromatic rings. The van der Waals surface area contributed by atoms with Crippen LogP contribution in [0.1, 0.15) is 46.5 Å². The predicted octanol–water partition coefficient (Wildman–Crippen LogP) is 1.49. The average Bonchev–Trinajstić information content (AvgIpc) is 2.76. The Labute approximate surface area is 114 Å². The van der Waals surface area contributed by atoms with Crippen LogP contribution in [0, 0.1) is 23.2 Å². The fourth-order valence-electron chi connectivity index (χ4n) is 4.83. The van der Waals surface area contributed by atoms with Crippen molar-refractivity contribution in [2.75, 3.05) is 0 Å². The van der Waals surface area contributed by atoms with Gasteiger partial charge in [0.15, 0.2) is 0 Å². The summed E-state index contributed by atoms with van der Waals surface area (Å²) in [5.74, 6) is -0.0377. The topological polar surface area (TPSA) is 66.8 Å². The van der Waals surface area contributed by atoms with Crippen LogP contribution in [0.2, 0.25) is 0 Å². The number of aliphatic hydroxyl groups is 2. The Bertz CT molecular complexity index is 409. The first-order valence-corrected chi connectivity index (χ1v) is 7.43. The molecule has 2 saturated carbocycles. The highest BCUT2D eigenvalue weighted by Crippen LogP contribution is 2.60. The summed E-state index contributed by atoms with van der Waals surface area (Å²) in [4.78, 5) is 11.9. The predicted molar refractivity (Wildman–Crippen MR) is 69.2 cm³/mol. The minimum absolute atomic E-state index is 0.121. The van der Waals surface area contributed by atoms with Crippen LogP contribution in [0.3, 0.4) is 0 Å². The lowest BCUT2D eigenvalue weighted by molar-refractivity contribution is -0.183. The fraction of sp³-hybridized carbons (Fsp3) is 0.933. The number of hydrogen-bond acceptors (Lipinski definition) is 4. The maximum absolute atomic E-state index is 11.9. The fourth-order valence-corrected chi connectivity index (χ4v) is 4.83. The Morgan fingerprint density at radius 2 is 1.95 bits per heavy atom. The van der Waals surface area contributed by atoms with Crippen molar-refractivity contribution in [3.05, 3.63) is 0 Å². The molecule has 0 aromatic carbocycles. The van der Waals surface area contributed by atoms with Gasteiger partial charge in [0.05, 0.1) is 23.0 Å². The van der Waals surface area contributed by atoms with Crippen molar-refractivity contribution in [2.45, 2.75) is 64.3 Å². The molecule has 3 fully saturated rings. The van der Waals surface area contributed by atoms with Gasteiger partial charge in [0.2, 0.25) is 0 Å². The number of carbonyl (C=O) groups excluding carboxylic acids is 1. The van der Waals surface area contributed by atoms with Crippen molar-refractivity contribution in [1.82, 2.24) is 0 Å². The van der Waals surface area contributed by atoms with E-state index >= 15 is 0 Å². The zero-order valence-electron chi connectivity index (χ0n) is 11.9. The second kappa shape index (κ2) is 3.95. The number of esters is 1. The van der Waals surface area contributed by atoms with Gasteiger partial charge in [-0.25, -0.2) is 0 Å². The number of hydrogen-bond donors (Lipinski definition) is 2. The lowest BCUT2D eigenvalue weighted by atomic mass is 9.64. The van der Waals surface area contributed by atoms with Crippen LogP contribution in [0.15, 0.2) is 0 Å². The number of carbonyl (C=O) groups is 1. The minimum atomic E-state index is -0.920. The van der Waals surface area contributed by atoms with Gasteiger partial charge in [-0.3, -0.25) is 4.79 Å².